The van der Waals surface area contributed by atoms with Gasteiger partial charge in [-0.2, -0.15) is 18.3 Å². The Morgan fingerprint density at radius 2 is 2.15 bits per heavy atom. The number of fused-ring (bicyclic) bond motifs is 1. The summed E-state index contributed by atoms with van der Waals surface area (Å²) in [7, 11) is 0. The van der Waals surface area contributed by atoms with Crippen LogP contribution in [0.3, 0.4) is 0 Å². The maximum Gasteiger partial charge on any atom is 0.435 e. The normalized spacial score (nSPS) is 16.6. The van der Waals surface area contributed by atoms with Crippen molar-refractivity contribution < 1.29 is 27.5 Å². The number of carbonyl (C=O) groups excluding carboxylic acids is 1. The highest BCUT2D eigenvalue weighted by Gasteiger charge is 2.37. The summed E-state index contributed by atoms with van der Waals surface area (Å²) in [6.07, 6.45) is -2.10. The third-order valence-corrected chi connectivity index (χ3v) is 4.36. The monoisotopic (exact) mass is 371 g/mol. The van der Waals surface area contributed by atoms with Crippen LogP contribution in [-0.2, 0) is 30.5 Å². The van der Waals surface area contributed by atoms with Crippen LogP contribution in [0, 0.1) is 0 Å². The molecule has 0 radical (unpaired) electrons. The van der Waals surface area contributed by atoms with Crippen molar-refractivity contribution in [2.75, 3.05) is 6.67 Å². The Labute approximate surface area is 146 Å². The Morgan fingerprint density at radius 1 is 1.38 bits per heavy atom. The minimum Gasteiger partial charge on any atom is -0.392 e. The van der Waals surface area contributed by atoms with Crippen LogP contribution in [0.2, 0.25) is 0 Å². The molecule has 0 spiro atoms. The molecule has 1 unspecified atom stereocenters. The largest absolute Gasteiger partial charge is 0.435 e. The first kappa shape index (κ1) is 18.4. The second-order valence-electron chi connectivity index (χ2n) is 6.18. The van der Waals surface area contributed by atoms with Gasteiger partial charge in [0.1, 0.15) is 0 Å². The number of rotatable bonds is 5. The van der Waals surface area contributed by atoms with Gasteiger partial charge in [0.25, 0.3) is 5.91 Å². The van der Waals surface area contributed by atoms with Gasteiger partial charge in [0.2, 0.25) is 0 Å². The number of carbonyl (C=O) groups is 1. The lowest BCUT2D eigenvalue weighted by Gasteiger charge is -2.13. The van der Waals surface area contributed by atoms with Crippen LogP contribution >= 0.6 is 0 Å². The van der Waals surface area contributed by atoms with E-state index in [0.717, 1.165) is 21.4 Å². The summed E-state index contributed by atoms with van der Waals surface area (Å²) in [4.78, 5) is 11.2. The first-order valence-electron chi connectivity index (χ1n) is 8.03. The molecular weight excluding hydrogens is 354 g/mol. The topological polar surface area (TPSA) is 67.2 Å². The van der Waals surface area contributed by atoms with Gasteiger partial charge >= 0.3 is 6.18 Å². The molecule has 2 N–H and O–H groups in total. The number of aromatic nitrogens is 2. The molecule has 26 heavy (non-hydrogen) atoms. The average Bonchev–Trinajstić information content (AvgIpc) is 3.18. The van der Waals surface area contributed by atoms with E-state index in [1.807, 2.05) is 6.07 Å². The Bertz CT molecular complexity index is 817. The maximum absolute atomic E-state index is 12.9. The van der Waals surface area contributed by atoms with E-state index in [1.54, 1.807) is 12.1 Å². The van der Waals surface area contributed by atoms with Crippen molar-refractivity contribution in [3.63, 3.8) is 0 Å². The van der Waals surface area contributed by atoms with Crippen molar-refractivity contribution in [2.45, 2.75) is 38.2 Å². The summed E-state index contributed by atoms with van der Waals surface area (Å²) in [6.45, 7) is -1.69. The lowest BCUT2D eigenvalue weighted by atomic mass is 10.0. The number of nitrogens with zero attached hydrogens (tertiary/aromatic N) is 2. The number of alkyl halides is 4. The SMILES string of the molecule is O=C(CF)NC1CCc2cc(Cn3cc(CO)c(C(F)(F)F)n3)ccc21. The predicted molar refractivity (Wildman–Crippen MR) is 83.9 cm³/mol. The number of aliphatic hydroxyl groups excluding tert-OH is 1. The van der Waals surface area contributed by atoms with E-state index in [1.165, 1.54) is 6.20 Å². The highest BCUT2D eigenvalue weighted by Crippen LogP contribution is 2.33. The van der Waals surface area contributed by atoms with Crippen LogP contribution in [0.25, 0.3) is 0 Å². The van der Waals surface area contributed by atoms with E-state index in [-0.39, 0.29) is 18.2 Å². The van der Waals surface area contributed by atoms with Crippen molar-refractivity contribution >= 4 is 5.91 Å². The number of hydrogen-bond acceptors (Lipinski definition) is 3. The van der Waals surface area contributed by atoms with E-state index in [0.29, 0.717) is 12.8 Å². The highest BCUT2D eigenvalue weighted by atomic mass is 19.4. The van der Waals surface area contributed by atoms with Gasteiger partial charge in [0.05, 0.1) is 19.2 Å². The van der Waals surface area contributed by atoms with Crippen LogP contribution in [0.4, 0.5) is 17.6 Å². The predicted octanol–water partition coefficient (Wildman–Crippen LogP) is 2.52. The molecule has 1 aliphatic carbocycles. The van der Waals surface area contributed by atoms with E-state index < -0.39 is 31.1 Å². The molecule has 9 heteroatoms. The van der Waals surface area contributed by atoms with Gasteiger partial charge in [0, 0.05) is 11.8 Å². The van der Waals surface area contributed by atoms with E-state index >= 15 is 0 Å². The van der Waals surface area contributed by atoms with Crippen LogP contribution in [0.5, 0.6) is 0 Å². The summed E-state index contributed by atoms with van der Waals surface area (Å²) >= 11 is 0. The summed E-state index contributed by atoms with van der Waals surface area (Å²) in [5.41, 5.74) is 1.25. The molecule has 1 aromatic carbocycles. The number of nitrogens with one attached hydrogen (secondary N) is 1. The summed E-state index contributed by atoms with van der Waals surface area (Å²) < 4.78 is 52.2. The molecule has 0 aliphatic heterocycles. The fourth-order valence-corrected chi connectivity index (χ4v) is 3.24. The van der Waals surface area contributed by atoms with E-state index in [4.69, 9.17) is 5.11 Å². The molecule has 140 valence electrons. The molecule has 2 aromatic rings. The zero-order valence-corrected chi connectivity index (χ0v) is 13.7. The minimum atomic E-state index is -4.62. The first-order chi connectivity index (χ1) is 12.3. The van der Waals surface area contributed by atoms with Gasteiger partial charge in [-0.15, -0.1) is 0 Å². The number of benzene rings is 1. The number of amides is 1. The van der Waals surface area contributed by atoms with Crippen molar-refractivity contribution in [3.8, 4) is 0 Å². The molecule has 1 heterocycles. The highest BCUT2D eigenvalue weighted by molar-refractivity contribution is 5.77. The Kier molecular flexibility index (Phi) is 4.99. The number of aryl methyl sites for hydroxylation is 1. The van der Waals surface area contributed by atoms with E-state index in [9.17, 15) is 22.4 Å². The zero-order valence-electron chi connectivity index (χ0n) is 13.7. The number of aliphatic hydroxyl groups is 1. The van der Waals surface area contributed by atoms with Crippen molar-refractivity contribution in [1.82, 2.24) is 15.1 Å². The standard InChI is InChI=1S/C17H17F4N3O2/c18-6-15(26)22-14-4-2-11-5-10(1-3-13(11)14)7-24-8-12(9-25)16(23-24)17(19,20)21/h1,3,5,8,14,25H,2,4,6-7,9H2,(H,22,26). The molecule has 0 saturated carbocycles. The second kappa shape index (κ2) is 7.06. The third-order valence-electron chi connectivity index (χ3n) is 4.36. The van der Waals surface area contributed by atoms with Gasteiger partial charge in [-0.3, -0.25) is 9.48 Å². The van der Waals surface area contributed by atoms with Crippen molar-refractivity contribution in [3.05, 3.63) is 52.3 Å². The number of halogens is 4. The molecule has 3 rings (SSSR count). The molecule has 0 fully saturated rings. The average molecular weight is 371 g/mol. The first-order valence-corrected chi connectivity index (χ1v) is 8.03. The molecule has 0 bridgehead atoms. The minimum absolute atomic E-state index is 0.123. The summed E-state index contributed by atoms with van der Waals surface area (Å²) in [5, 5.41) is 15.2. The van der Waals surface area contributed by atoms with Crippen LogP contribution in [0.1, 0.15) is 40.4 Å². The fraction of sp³-hybridized carbons (Fsp3) is 0.412. The second-order valence-corrected chi connectivity index (χ2v) is 6.18. The molecule has 1 aliphatic rings. The quantitative estimate of drug-likeness (QED) is 0.794. The van der Waals surface area contributed by atoms with Crippen LogP contribution < -0.4 is 5.32 Å². The van der Waals surface area contributed by atoms with Gasteiger partial charge in [-0.1, -0.05) is 18.2 Å². The third kappa shape index (κ3) is 3.72. The Hall–Kier alpha value is -2.42. The maximum atomic E-state index is 12.9. The summed E-state index contributed by atoms with van der Waals surface area (Å²) in [6, 6.07) is 5.14. The Morgan fingerprint density at radius 3 is 2.77 bits per heavy atom. The molecule has 1 aromatic heterocycles. The summed E-state index contributed by atoms with van der Waals surface area (Å²) in [5.74, 6) is -0.667. The molecular formula is C17H17F4N3O2. The molecule has 1 atom stereocenters. The lowest BCUT2D eigenvalue weighted by molar-refractivity contribution is -0.142. The molecule has 0 saturated heterocycles. The molecule has 5 nitrogen and oxygen atoms in total. The van der Waals surface area contributed by atoms with Crippen LogP contribution in [-0.4, -0.2) is 27.5 Å². The van der Waals surface area contributed by atoms with E-state index in [2.05, 4.69) is 10.4 Å². The van der Waals surface area contributed by atoms with Gasteiger partial charge in [-0.25, -0.2) is 4.39 Å². The molecule has 1 amide bonds. The van der Waals surface area contributed by atoms with Gasteiger partial charge in [-0.05, 0) is 29.5 Å². The fourth-order valence-electron chi connectivity index (χ4n) is 3.24. The zero-order chi connectivity index (χ0) is 18.9. The lowest BCUT2D eigenvalue weighted by Crippen LogP contribution is -2.28. The van der Waals surface area contributed by atoms with Gasteiger partial charge in [0.15, 0.2) is 12.4 Å². The smallest absolute Gasteiger partial charge is 0.392 e. The van der Waals surface area contributed by atoms with Crippen molar-refractivity contribution in [2.24, 2.45) is 0 Å². The van der Waals surface area contributed by atoms with Crippen molar-refractivity contribution in [1.29, 1.82) is 0 Å². The van der Waals surface area contributed by atoms with Gasteiger partial charge < -0.3 is 10.4 Å². The Balaban J connectivity index is 1.79. The number of hydrogen-bond donors (Lipinski definition) is 2. The van der Waals surface area contributed by atoms with Crippen LogP contribution in [0.15, 0.2) is 24.4 Å².